The van der Waals surface area contributed by atoms with Crippen molar-refractivity contribution in [1.82, 2.24) is 0 Å². The average molecular weight is 369 g/mol. The van der Waals surface area contributed by atoms with Gasteiger partial charge in [-0.25, -0.2) is 4.79 Å². The number of Topliss-reactive ketones (excluding diaryl/α,β-unsaturated/α-hetero) is 1. The molecule has 0 saturated heterocycles. The first-order chi connectivity index (χ1) is 10.4. The fourth-order valence-corrected chi connectivity index (χ4v) is 2.38. The van der Waals surface area contributed by atoms with E-state index < -0.39 is 5.97 Å². The summed E-state index contributed by atoms with van der Waals surface area (Å²) in [6, 6.07) is 4.70. The van der Waals surface area contributed by atoms with Gasteiger partial charge in [0.1, 0.15) is 5.75 Å². The summed E-state index contributed by atoms with van der Waals surface area (Å²) >= 11 is 3.30. The Kier molecular flexibility index (Phi) is 7.88. The Morgan fingerprint density at radius 1 is 1.23 bits per heavy atom. The first-order valence-corrected chi connectivity index (χ1v) is 8.05. The molecule has 5 heteroatoms. The van der Waals surface area contributed by atoms with E-state index in [-0.39, 0.29) is 11.3 Å². The Labute approximate surface area is 139 Å². The van der Waals surface area contributed by atoms with Crippen LogP contribution in [0, 0.1) is 0 Å². The fraction of sp³-hybridized carbons (Fsp3) is 0.412. The van der Waals surface area contributed by atoms with E-state index in [2.05, 4.69) is 22.5 Å². The Bertz CT molecular complexity index is 552. The number of ketones is 1. The van der Waals surface area contributed by atoms with Crippen molar-refractivity contribution in [3.8, 4) is 5.75 Å². The Hall–Kier alpha value is -1.62. The summed E-state index contributed by atoms with van der Waals surface area (Å²) in [6.07, 6.45) is 4.32. The number of carboxylic acid groups (broad SMARTS) is 1. The number of aromatic carboxylic acids is 1. The van der Waals surface area contributed by atoms with Crippen LogP contribution in [0.25, 0.3) is 0 Å². The van der Waals surface area contributed by atoms with Gasteiger partial charge in [0.2, 0.25) is 0 Å². The van der Waals surface area contributed by atoms with Crippen LogP contribution in [0.15, 0.2) is 34.8 Å². The van der Waals surface area contributed by atoms with Gasteiger partial charge >= 0.3 is 5.97 Å². The van der Waals surface area contributed by atoms with Crippen molar-refractivity contribution in [2.75, 3.05) is 6.61 Å². The maximum Gasteiger partial charge on any atom is 0.335 e. The number of hydrogen-bond donors (Lipinski definition) is 1. The normalized spacial score (nSPS) is 10.3. The Morgan fingerprint density at radius 2 is 1.91 bits per heavy atom. The molecule has 0 atom stereocenters. The van der Waals surface area contributed by atoms with Crippen molar-refractivity contribution < 1.29 is 19.4 Å². The van der Waals surface area contributed by atoms with Crippen LogP contribution in [0.3, 0.4) is 0 Å². The molecule has 0 amide bonds. The van der Waals surface area contributed by atoms with E-state index in [1.807, 2.05) is 0 Å². The van der Waals surface area contributed by atoms with Crippen molar-refractivity contribution >= 4 is 27.7 Å². The SMILES string of the molecule is C=C(C)C(=O)CCCCCCOc1ccc(C(=O)O)cc1Br. The molecule has 0 spiro atoms. The van der Waals surface area contributed by atoms with Gasteiger partial charge in [-0.2, -0.15) is 0 Å². The molecule has 0 aliphatic carbocycles. The minimum Gasteiger partial charge on any atom is -0.492 e. The van der Waals surface area contributed by atoms with Crippen LogP contribution in [-0.2, 0) is 4.79 Å². The highest BCUT2D eigenvalue weighted by Gasteiger charge is 2.07. The lowest BCUT2D eigenvalue weighted by molar-refractivity contribution is -0.115. The largest absolute Gasteiger partial charge is 0.492 e. The molecule has 1 aromatic rings. The fourth-order valence-electron chi connectivity index (χ4n) is 1.89. The van der Waals surface area contributed by atoms with Gasteiger partial charge in [-0.1, -0.05) is 19.4 Å². The van der Waals surface area contributed by atoms with Gasteiger partial charge in [0.25, 0.3) is 0 Å². The minimum absolute atomic E-state index is 0.138. The van der Waals surface area contributed by atoms with E-state index in [0.717, 1.165) is 25.7 Å². The summed E-state index contributed by atoms with van der Waals surface area (Å²) in [6.45, 7) is 5.94. The number of hydrogen-bond acceptors (Lipinski definition) is 3. The van der Waals surface area contributed by atoms with E-state index in [4.69, 9.17) is 9.84 Å². The molecule has 22 heavy (non-hydrogen) atoms. The monoisotopic (exact) mass is 368 g/mol. The first kappa shape index (κ1) is 18.4. The highest BCUT2D eigenvalue weighted by atomic mass is 79.9. The second-order valence-corrected chi connectivity index (χ2v) is 6.02. The van der Waals surface area contributed by atoms with Crippen LogP contribution >= 0.6 is 15.9 Å². The van der Waals surface area contributed by atoms with Crippen molar-refractivity contribution in [3.63, 3.8) is 0 Å². The maximum atomic E-state index is 11.4. The third-order valence-electron chi connectivity index (χ3n) is 3.21. The first-order valence-electron chi connectivity index (χ1n) is 7.26. The molecular formula is C17H21BrO4. The molecule has 0 unspecified atom stereocenters. The predicted octanol–water partition coefficient (Wildman–Crippen LogP) is 4.62. The zero-order chi connectivity index (χ0) is 16.5. The molecule has 0 aromatic heterocycles. The van der Waals surface area contributed by atoms with Crippen molar-refractivity contribution in [3.05, 3.63) is 40.4 Å². The summed E-state index contributed by atoms with van der Waals surface area (Å²) < 4.78 is 6.25. The molecule has 4 nitrogen and oxygen atoms in total. The van der Waals surface area contributed by atoms with E-state index in [1.54, 1.807) is 13.0 Å². The second-order valence-electron chi connectivity index (χ2n) is 5.17. The minimum atomic E-state index is -0.962. The van der Waals surface area contributed by atoms with Gasteiger partial charge < -0.3 is 9.84 Å². The number of allylic oxidation sites excluding steroid dienone is 1. The predicted molar refractivity (Wildman–Crippen MR) is 89.5 cm³/mol. The zero-order valence-electron chi connectivity index (χ0n) is 12.7. The van der Waals surface area contributed by atoms with Gasteiger partial charge in [0.15, 0.2) is 5.78 Å². The van der Waals surface area contributed by atoms with Crippen LogP contribution in [0.1, 0.15) is 49.4 Å². The molecule has 0 heterocycles. The Morgan fingerprint density at radius 3 is 2.50 bits per heavy atom. The average Bonchev–Trinajstić information content (AvgIpc) is 2.46. The van der Waals surface area contributed by atoms with Gasteiger partial charge in [-0.3, -0.25) is 4.79 Å². The number of carboxylic acids is 1. The Balaban J connectivity index is 2.21. The number of halogens is 1. The van der Waals surface area contributed by atoms with Crippen LogP contribution in [0.4, 0.5) is 0 Å². The highest BCUT2D eigenvalue weighted by Crippen LogP contribution is 2.26. The molecule has 1 rings (SSSR count). The lowest BCUT2D eigenvalue weighted by atomic mass is 10.1. The van der Waals surface area contributed by atoms with Crippen molar-refractivity contribution in [2.24, 2.45) is 0 Å². The molecular weight excluding hydrogens is 348 g/mol. The molecule has 0 bridgehead atoms. The number of ether oxygens (including phenoxy) is 1. The van der Waals surface area contributed by atoms with E-state index >= 15 is 0 Å². The summed E-state index contributed by atoms with van der Waals surface area (Å²) in [4.78, 5) is 22.2. The lowest BCUT2D eigenvalue weighted by Crippen LogP contribution is -2.01. The number of carbonyl (C=O) groups excluding carboxylic acids is 1. The number of carbonyl (C=O) groups is 2. The standard InChI is InChI=1S/C17H21BrO4/c1-12(2)15(19)7-5-3-4-6-10-22-16-9-8-13(17(20)21)11-14(16)18/h8-9,11H,1,3-7,10H2,2H3,(H,20,21). The van der Waals surface area contributed by atoms with Gasteiger partial charge in [0.05, 0.1) is 16.6 Å². The lowest BCUT2D eigenvalue weighted by Gasteiger charge is -2.08. The highest BCUT2D eigenvalue weighted by molar-refractivity contribution is 9.10. The maximum absolute atomic E-state index is 11.4. The molecule has 0 saturated carbocycles. The smallest absolute Gasteiger partial charge is 0.335 e. The number of unbranched alkanes of at least 4 members (excludes halogenated alkanes) is 3. The quantitative estimate of drug-likeness (QED) is 0.483. The third-order valence-corrected chi connectivity index (χ3v) is 3.83. The molecule has 0 fully saturated rings. The molecule has 120 valence electrons. The summed E-state index contributed by atoms with van der Waals surface area (Å²) in [5, 5.41) is 8.88. The van der Waals surface area contributed by atoms with E-state index in [1.165, 1.54) is 12.1 Å². The molecule has 1 N–H and O–H groups in total. The van der Waals surface area contributed by atoms with Crippen LogP contribution in [0.2, 0.25) is 0 Å². The summed E-state index contributed by atoms with van der Waals surface area (Å²) in [5.74, 6) is -0.183. The number of benzene rings is 1. The van der Waals surface area contributed by atoms with Crippen LogP contribution < -0.4 is 4.74 Å². The zero-order valence-corrected chi connectivity index (χ0v) is 14.3. The van der Waals surface area contributed by atoms with E-state index in [0.29, 0.717) is 28.8 Å². The molecule has 0 radical (unpaired) electrons. The van der Waals surface area contributed by atoms with Crippen molar-refractivity contribution in [2.45, 2.75) is 39.0 Å². The molecule has 1 aromatic carbocycles. The van der Waals surface area contributed by atoms with Gasteiger partial charge in [-0.15, -0.1) is 0 Å². The van der Waals surface area contributed by atoms with Crippen LogP contribution in [-0.4, -0.2) is 23.5 Å². The second kappa shape index (κ2) is 9.41. The number of rotatable bonds is 10. The third kappa shape index (κ3) is 6.43. The summed E-state index contributed by atoms with van der Waals surface area (Å²) in [7, 11) is 0. The van der Waals surface area contributed by atoms with Crippen molar-refractivity contribution in [1.29, 1.82) is 0 Å². The summed E-state index contributed by atoms with van der Waals surface area (Å²) in [5.41, 5.74) is 0.847. The van der Waals surface area contributed by atoms with Gasteiger partial charge in [-0.05, 0) is 59.5 Å². The van der Waals surface area contributed by atoms with Crippen LogP contribution in [0.5, 0.6) is 5.75 Å². The van der Waals surface area contributed by atoms with Gasteiger partial charge in [0, 0.05) is 6.42 Å². The van der Waals surface area contributed by atoms with E-state index in [9.17, 15) is 9.59 Å². The molecule has 0 aliphatic heterocycles. The topological polar surface area (TPSA) is 63.6 Å². The molecule has 0 aliphatic rings.